The summed E-state index contributed by atoms with van der Waals surface area (Å²) in [6.07, 6.45) is 0. The molecule has 0 aliphatic carbocycles. The van der Waals surface area contributed by atoms with E-state index in [2.05, 4.69) is 0 Å². The predicted molar refractivity (Wildman–Crippen MR) is 100 cm³/mol. The highest BCUT2D eigenvalue weighted by atomic mass is 16.5. The molecule has 2 N–H and O–H groups in total. The number of aryl methyl sites for hydroxylation is 1. The highest BCUT2D eigenvalue weighted by Crippen LogP contribution is 2.33. The summed E-state index contributed by atoms with van der Waals surface area (Å²) >= 11 is 0. The summed E-state index contributed by atoms with van der Waals surface area (Å²) in [7, 11) is 1.32. The van der Waals surface area contributed by atoms with Gasteiger partial charge in [0.05, 0.1) is 12.6 Å². The van der Waals surface area contributed by atoms with E-state index in [0.717, 1.165) is 32.8 Å². The molecule has 0 aliphatic rings. The van der Waals surface area contributed by atoms with E-state index >= 15 is 0 Å². The Balaban J connectivity index is 2.06. The lowest BCUT2D eigenvalue weighted by Crippen LogP contribution is -2.35. The second-order valence-corrected chi connectivity index (χ2v) is 6.37. The lowest BCUT2D eigenvalue weighted by Gasteiger charge is -2.13. The van der Waals surface area contributed by atoms with Crippen molar-refractivity contribution in [1.82, 2.24) is 4.57 Å². The summed E-state index contributed by atoms with van der Waals surface area (Å²) in [5.41, 5.74) is 8.79. The predicted octanol–water partition coefficient (Wildman–Crippen LogP) is 2.71. The molecule has 0 saturated heterocycles. The number of carbonyl (C=O) groups is 1. The molecule has 1 atom stereocenters. The average Bonchev–Trinajstić information content (AvgIpc) is 2.93. The number of fused-ring (bicyclic) bond motifs is 4. The number of esters is 1. The molecule has 2 heterocycles. The molecule has 0 spiro atoms. The van der Waals surface area contributed by atoms with Gasteiger partial charge in [0.15, 0.2) is 0 Å². The van der Waals surface area contributed by atoms with E-state index in [1.807, 2.05) is 47.9 Å². The number of carbonyl (C=O) groups excluding carboxylic acids is 1. The van der Waals surface area contributed by atoms with Crippen molar-refractivity contribution in [2.75, 3.05) is 7.11 Å². The van der Waals surface area contributed by atoms with E-state index in [1.54, 1.807) is 0 Å². The van der Waals surface area contributed by atoms with Gasteiger partial charge >= 0.3 is 11.6 Å². The molecule has 6 nitrogen and oxygen atoms in total. The number of benzene rings is 2. The molecular weight excluding hydrogens is 332 g/mol. The Bertz CT molecular complexity index is 1220. The Morgan fingerprint density at radius 2 is 1.92 bits per heavy atom. The second-order valence-electron chi connectivity index (χ2n) is 6.37. The zero-order chi connectivity index (χ0) is 18.4. The molecule has 0 bridgehead atoms. The number of rotatable bonds is 3. The zero-order valence-corrected chi connectivity index (χ0v) is 14.5. The van der Waals surface area contributed by atoms with Crippen LogP contribution in [-0.4, -0.2) is 23.7 Å². The van der Waals surface area contributed by atoms with Gasteiger partial charge in [0.1, 0.15) is 11.6 Å². The minimum atomic E-state index is -0.792. The number of aromatic nitrogens is 1. The first-order valence-corrected chi connectivity index (χ1v) is 8.28. The van der Waals surface area contributed by atoms with Crippen molar-refractivity contribution in [3.63, 3.8) is 0 Å². The largest absolute Gasteiger partial charge is 0.468 e. The highest BCUT2D eigenvalue weighted by Gasteiger charge is 2.19. The minimum Gasteiger partial charge on any atom is -0.468 e. The topological polar surface area (TPSA) is 87.5 Å². The highest BCUT2D eigenvalue weighted by molar-refractivity contribution is 6.12. The number of nitrogens with zero attached hydrogens (tertiary/aromatic N) is 1. The Morgan fingerprint density at radius 3 is 2.69 bits per heavy atom. The Hall–Kier alpha value is -3.12. The third-order valence-electron chi connectivity index (χ3n) is 4.73. The smallest absolute Gasteiger partial charge is 0.336 e. The van der Waals surface area contributed by atoms with Crippen molar-refractivity contribution < 1.29 is 13.9 Å². The van der Waals surface area contributed by atoms with Crippen LogP contribution in [0, 0.1) is 6.92 Å². The second kappa shape index (κ2) is 6.00. The standard InChI is InChI=1S/C20H18N2O4/c1-11-7-19(23)26-18-9-17-14(8-13(11)18)12-5-3-4-6-16(12)22(17)10-15(21)20(24)25-2/h3-9,15H,10,21H2,1-2H3/t15-/m1/s1. The van der Waals surface area contributed by atoms with Gasteiger partial charge in [0, 0.05) is 40.4 Å². The van der Waals surface area contributed by atoms with Crippen LogP contribution in [0.2, 0.25) is 0 Å². The first kappa shape index (κ1) is 16.4. The maximum absolute atomic E-state index is 11.8. The molecule has 0 fully saturated rings. The summed E-state index contributed by atoms with van der Waals surface area (Å²) < 4.78 is 12.1. The lowest BCUT2D eigenvalue weighted by atomic mass is 10.1. The summed E-state index contributed by atoms with van der Waals surface area (Å²) in [5, 5.41) is 2.95. The monoisotopic (exact) mass is 350 g/mol. The summed E-state index contributed by atoms with van der Waals surface area (Å²) in [4.78, 5) is 23.5. The van der Waals surface area contributed by atoms with Gasteiger partial charge in [-0.1, -0.05) is 18.2 Å². The van der Waals surface area contributed by atoms with Gasteiger partial charge in [-0.25, -0.2) is 4.79 Å². The van der Waals surface area contributed by atoms with Crippen LogP contribution in [0.25, 0.3) is 32.8 Å². The third-order valence-corrected chi connectivity index (χ3v) is 4.73. The molecule has 2 aromatic carbocycles. The van der Waals surface area contributed by atoms with Crippen LogP contribution in [-0.2, 0) is 16.1 Å². The molecule has 2 aromatic heterocycles. The Morgan fingerprint density at radius 1 is 1.15 bits per heavy atom. The molecule has 0 radical (unpaired) electrons. The third kappa shape index (κ3) is 2.46. The molecule has 0 aliphatic heterocycles. The van der Waals surface area contributed by atoms with Crippen LogP contribution in [0.5, 0.6) is 0 Å². The fourth-order valence-electron chi connectivity index (χ4n) is 3.48. The van der Waals surface area contributed by atoms with Gasteiger partial charge in [0.2, 0.25) is 0 Å². The van der Waals surface area contributed by atoms with Crippen molar-refractivity contribution in [1.29, 1.82) is 0 Å². The Labute approximate surface area is 148 Å². The zero-order valence-electron chi connectivity index (χ0n) is 14.5. The van der Waals surface area contributed by atoms with Crippen molar-refractivity contribution in [3.8, 4) is 0 Å². The molecule has 0 unspecified atom stereocenters. The number of ether oxygens (including phenoxy) is 1. The summed E-state index contributed by atoms with van der Waals surface area (Å²) in [6.45, 7) is 2.15. The average molecular weight is 350 g/mol. The maximum atomic E-state index is 11.8. The fraction of sp³-hybridized carbons (Fsp3) is 0.200. The molecule has 4 rings (SSSR count). The number of para-hydroxylation sites is 1. The van der Waals surface area contributed by atoms with Gasteiger partial charge in [0.25, 0.3) is 0 Å². The van der Waals surface area contributed by atoms with Gasteiger partial charge in [-0.2, -0.15) is 0 Å². The summed E-state index contributed by atoms with van der Waals surface area (Å²) in [5.74, 6) is -0.473. The van der Waals surface area contributed by atoms with Crippen LogP contribution < -0.4 is 11.4 Å². The quantitative estimate of drug-likeness (QED) is 0.453. The maximum Gasteiger partial charge on any atom is 0.336 e. The Kier molecular flexibility index (Phi) is 3.77. The van der Waals surface area contributed by atoms with Crippen molar-refractivity contribution in [3.05, 3.63) is 58.4 Å². The summed E-state index contributed by atoms with van der Waals surface area (Å²) in [6, 6.07) is 12.5. The van der Waals surface area contributed by atoms with E-state index in [0.29, 0.717) is 5.58 Å². The van der Waals surface area contributed by atoms with Crippen molar-refractivity contribution in [2.45, 2.75) is 19.5 Å². The van der Waals surface area contributed by atoms with E-state index in [4.69, 9.17) is 14.9 Å². The van der Waals surface area contributed by atoms with Gasteiger partial charge in [-0.3, -0.25) is 4.79 Å². The number of hydrogen-bond donors (Lipinski definition) is 1. The number of methoxy groups -OCH3 is 1. The molecule has 0 amide bonds. The fourth-order valence-corrected chi connectivity index (χ4v) is 3.48. The molecule has 26 heavy (non-hydrogen) atoms. The number of nitrogens with two attached hydrogens (primary N) is 1. The van der Waals surface area contributed by atoms with Gasteiger partial charge < -0.3 is 19.5 Å². The van der Waals surface area contributed by atoms with E-state index in [-0.39, 0.29) is 12.2 Å². The van der Waals surface area contributed by atoms with Crippen LogP contribution in [0.4, 0.5) is 0 Å². The SMILES string of the molecule is COC(=O)[C@H](N)Cn1c2ccccc2c2cc3c(C)cc(=O)oc3cc21. The van der Waals surface area contributed by atoms with Crippen LogP contribution in [0.15, 0.2) is 51.7 Å². The normalized spacial score (nSPS) is 12.7. The van der Waals surface area contributed by atoms with E-state index in [1.165, 1.54) is 13.2 Å². The van der Waals surface area contributed by atoms with Crippen molar-refractivity contribution >= 4 is 38.7 Å². The van der Waals surface area contributed by atoms with Gasteiger partial charge in [-0.15, -0.1) is 0 Å². The van der Waals surface area contributed by atoms with Crippen LogP contribution >= 0.6 is 0 Å². The van der Waals surface area contributed by atoms with E-state index in [9.17, 15) is 9.59 Å². The molecule has 4 aromatic rings. The van der Waals surface area contributed by atoms with Crippen LogP contribution in [0.3, 0.4) is 0 Å². The number of hydrogen-bond acceptors (Lipinski definition) is 5. The lowest BCUT2D eigenvalue weighted by molar-refractivity contribution is -0.142. The van der Waals surface area contributed by atoms with Crippen LogP contribution in [0.1, 0.15) is 5.56 Å². The van der Waals surface area contributed by atoms with Gasteiger partial charge in [-0.05, 0) is 24.6 Å². The molecule has 0 saturated carbocycles. The first-order valence-electron chi connectivity index (χ1n) is 8.28. The molecule has 132 valence electrons. The first-order chi connectivity index (χ1) is 12.5. The molecule has 6 heteroatoms. The van der Waals surface area contributed by atoms with E-state index < -0.39 is 12.0 Å². The molecular formula is C20H18N2O4. The minimum absolute atomic E-state index is 0.262. The van der Waals surface area contributed by atoms with Crippen molar-refractivity contribution in [2.24, 2.45) is 5.73 Å².